The summed E-state index contributed by atoms with van der Waals surface area (Å²) in [6.45, 7) is 0.298. The number of nitrogens with one attached hydrogen (secondary N) is 1. The Morgan fingerprint density at radius 1 is 1.28 bits per heavy atom. The number of thiophene rings is 2. The minimum absolute atomic E-state index is 0.221. The molecule has 3 rings (SSSR count). The molecule has 1 amide bonds. The first-order valence-electron chi connectivity index (χ1n) is 7.47. The molecule has 1 saturated heterocycles. The van der Waals surface area contributed by atoms with Crippen LogP contribution in [0.1, 0.15) is 23.2 Å². The Hall–Kier alpha value is -1.75. The zero-order chi connectivity index (χ0) is 18.0. The largest absolute Gasteiger partial charge is 0.465 e. The van der Waals surface area contributed by atoms with Gasteiger partial charge in [0.2, 0.25) is 5.91 Å². The van der Waals surface area contributed by atoms with Crippen LogP contribution in [0.4, 0.5) is 5.00 Å². The van der Waals surface area contributed by atoms with Gasteiger partial charge in [-0.3, -0.25) is 4.79 Å². The van der Waals surface area contributed by atoms with E-state index in [2.05, 4.69) is 10.1 Å². The molecule has 1 aliphatic heterocycles. The highest BCUT2D eigenvalue weighted by molar-refractivity contribution is 7.91. The van der Waals surface area contributed by atoms with E-state index < -0.39 is 27.9 Å². The third-order valence-corrected chi connectivity index (χ3v) is 7.98. The maximum atomic E-state index is 12.7. The predicted octanol–water partition coefficient (Wildman–Crippen LogP) is 2.39. The Bertz CT molecular complexity index is 873. The second-order valence-electron chi connectivity index (χ2n) is 5.35. The van der Waals surface area contributed by atoms with Gasteiger partial charge in [0.1, 0.15) is 15.3 Å². The average molecular weight is 401 g/mol. The summed E-state index contributed by atoms with van der Waals surface area (Å²) in [5.41, 5.74) is 0.256. The van der Waals surface area contributed by atoms with Gasteiger partial charge in [0, 0.05) is 6.54 Å². The van der Waals surface area contributed by atoms with Crippen molar-refractivity contribution in [1.82, 2.24) is 4.31 Å². The molecule has 2 aromatic rings. The molecule has 10 heteroatoms. The van der Waals surface area contributed by atoms with Crippen molar-refractivity contribution in [2.75, 3.05) is 19.0 Å². The van der Waals surface area contributed by atoms with Crippen molar-refractivity contribution in [1.29, 1.82) is 0 Å². The molecule has 7 nitrogen and oxygen atoms in total. The van der Waals surface area contributed by atoms with E-state index in [-0.39, 0.29) is 9.77 Å². The number of hydrogen-bond donors (Lipinski definition) is 1. The maximum absolute atomic E-state index is 12.7. The van der Waals surface area contributed by atoms with Gasteiger partial charge in [0.25, 0.3) is 10.0 Å². The maximum Gasteiger partial charge on any atom is 0.340 e. The average Bonchev–Trinajstić information content (AvgIpc) is 3.33. The van der Waals surface area contributed by atoms with Crippen LogP contribution in [0.2, 0.25) is 0 Å². The summed E-state index contributed by atoms with van der Waals surface area (Å²) >= 11 is 2.31. The molecule has 1 atom stereocenters. The molecule has 0 spiro atoms. The number of hydrogen-bond acceptors (Lipinski definition) is 7. The van der Waals surface area contributed by atoms with Gasteiger partial charge in [-0.2, -0.15) is 4.31 Å². The van der Waals surface area contributed by atoms with Gasteiger partial charge in [-0.05, 0) is 35.7 Å². The van der Waals surface area contributed by atoms with Crippen LogP contribution in [-0.2, 0) is 19.6 Å². The molecule has 0 bridgehead atoms. The van der Waals surface area contributed by atoms with E-state index in [0.717, 1.165) is 11.3 Å². The second kappa shape index (κ2) is 7.24. The van der Waals surface area contributed by atoms with Gasteiger partial charge in [0.15, 0.2) is 0 Å². The summed E-state index contributed by atoms with van der Waals surface area (Å²) in [6, 6.07) is 3.96. The summed E-state index contributed by atoms with van der Waals surface area (Å²) in [5, 5.41) is 6.38. The summed E-state index contributed by atoms with van der Waals surface area (Å²) in [4.78, 5) is 24.3. The monoisotopic (exact) mass is 400 g/mol. The summed E-state index contributed by atoms with van der Waals surface area (Å²) < 4.78 is 31.6. The van der Waals surface area contributed by atoms with Crippen LogP contribution in [0.3, 0.4) is 0 Å². The lowest BCUT2D eigenvalue weighted by molar-refractivity contribution is -0.119. The number of sulfonamides is 1. The number of amides is 1. The summed E-state index contributed by atoms with van der Waals surface area (Å²) in [6.07, 6.45) is 1.05. The molecular formula is C15H16N2O5S3. The number of ether oxygens (including phenoxy) is 1. The highest BCUT2D eigenvalue weighted by atomic mass is 32.2. The van der Waals surface area contributed by atoms with Gasteiger partial charge in [-0.25, -0.2) is 13.2 Å². The molecule has 1 N–H and O–H groups in total. The minimum Gasteiger partial charge on any atom is -0.465 e. The van der Waals surface area contributed by atoms with E-state index in [1.165, 1.54) is 28.8 Å². The molecule has 0 aromatic carbocycles. The topological polar surface area (TPSA) is 92.8 Å². The van der Waals surface area contributed by atoms with Crippen molar-refractivity contribution in [2.24, 2.45) is 0 Å². The van der Waals surface area contributed by atoms with Crippen molar-refractivity contribution >= 4 is 49.6 Å². The molecule has 0 unspecified atom stereocenters. The third-order valence-electron chi connectivity index (χ3n) is 3.87. The Labute approximate surface area is 153 Å². The van der Waals surface area contributed by atoms with Crippen LogP contribution in [0.15, 0.2) is 33.2 Å². The summed E-state index contributed by atoms with van der Waals surface area (Å²) in [5.74, 6) is -0.990. The predicted molar refractivity (Wildman–Crippen MR) is 95.5 cm³/mol. The first kappa shape index (κ1) is 18.1. The van der Waals surface area contributed by atoms with Gasteiger partial charge in [-0.1, -0.05) is 6.07 Å². The molecule has 0 radical (unpaired) electrons. The number of rotatable bonds is 5. The number of nitrogens with zero attached hydrogens (tertiary/aromatic N) is 1. The first-order chi connectivity index (χ1) is 11.9. The SMILES string of the molecule is COC(=O)c1ccsc1NC(=O)[C@@H]1CCCN1S(=O)(=O)c1cccs1. The molecule has 134 valence electrons. The standard InChI is InChI=1S/C15H16N2O5S3/c1-22-15(19)10-6-9-24-14(10)16-13(18)11-4-2-7-17(11)25(20,21)12-5-3-8-23-12/h3,5-6,8-9,11H,2,4,7H2,1H3,(H,16,18)/t11-/m0/s1. The van der Waals surface area contributed by atoms with Crippen LogP contribution < -0.4 is 5.32 Å². The van der Waals surface area contributed by atoms with Crippen LogP contribution in [0.5, 0.6) is 0 Å². The van der Waals surface area contributed by atoms with E-state index in [0.29, 0.717) is 24.4 Å². The Balaban J connectivity index is 1.80. The molecule has 25 heavy (non-hydrogen) atoms. The third kappa shape index (κ3) is 3.47. The van der Waals surface area contributed by atoms with E-state index in [9.17, 15) is 18.0 Å². The van der Waals surface area contributed by atoms with Crippen molar-refractivity contribution in [3.05, 3.63) is 34.5 Å². The Kier molecular flexibility index (Phi) is 5.23. The highest BCUT2D eigenvalue weighted by Gasteiger charge is 2.40. The lowest BCUT2D eigenvalue weighted by Crippen LogP contribution is -2.42. The number of anilines is 1. The fraction of sp³-hybridized carbons (Fsp3) is 0.333. The molecular weight excluding hydrogens is 384 g/mol. The number of esters is 1. The van der Waals surface area contributed by atoms with Crippen molar-refractivity contribution in [3.63, 3.8) is 0 Å². The van der Waals surface area contributed by atoms with Crippen LogP contribution in [0, 0.1) is 0 Å². The second-order valence-corrected chi connectivity index (χ2v) is 9.33. The Morgan fingerprint density at radius 2 is 2.08 bits per heavy atom. The van der Waals surface area contributed by atoms with E-state index in [1.54, 1.807) is 22.9 Å². The summed E-state index contributed by atoms with van der Waals surface area (Å²) in [7, 11) is -2.43. The van der Waals surface area contributed by atoms with Crippen molar-refractivity contribution < 1.29 is 22.7 Å². The first-order valence-corrected chi connectivity index (χ1v) is 10.7. The number of carbonyl (C=O) groups is 2. The lowest BCUT2D eigenvalue weighted by Gasteiger charge is -2.22. The normalized spacial score (nSPS) is 18.2. The van der Waals surface area contributed by atoms with Crippen molar-refractivity contribution in [3.8, 4) is 0 Å². The molecule has 0 aliphatic carbocycles. The molecule has 1 aliphatic rings. The minimum atomic E-state index is -3.70. The molecule has 1 fully saturated rings. The van der Waals surface area contributed by atoms with Gasteiger partial charge in [0.05, 0.1) is 12.7 Å². The molecule has 0 saturated carbocycles. The highest BCUT2D eigenvalue weighted by Crippen LogP contribution is 2.30. The van der Waals surface area contributed by atoms with E-state index in [4.69, 9.17) is 0 Å². The zero-order valence-corrected chi connectivity index (χ0v) is 15.7. The zero-order valence-electron chi connectivity index (χ0n) is 13.3. The van der Waals surface area contributed by atoms with E-state index in [1.807, 2.05) is 0 Å². The molecule has 3 heterocycles. The molecule has 2 aromatic heterocycles. The van der Waals surface area contributed by atoms with Gasteiger partial charge in [-0.15, -0.1) is 22.7 Å². The number of methoxy groups -OCH3 is 1. The van der Waals surface area contributed by atoms with Crippen LogP contribution in [-0.4, -0.2) is 44.3 Å². The number of carbonyl (C=O) groups excluding carboxylic acids is 2. The lowest BCUT2D eigenvalue weighted by atomic mass is 10.2. The van der Waals surface area contributed by atoms with Gasteiger partial charge >= 0.3 is 5.97 Å². The Morgan fingerprint density at radius 3 is 2.76 bits per heavy atom. The van der Waals surface area contributed by atoms with E-state index >= 15 is 0 Å². The van der Waals surface area contributed by atoms with Gasteiger partial charge < -0.3 is 10.1 Å². The van der Waals surface area contributed by atoms with Crippen LogP contribution >= 0.6 is 22.7 Å². The van der Waals surface area contributed by atoms with Crippen LogP contribution in [0.25, 0.3) is 0 Å². The smallest absolute Gasteiger partial charge is 0.340 e. The fourth-order valence-corrected chi connectivity index (χ4v) is 6.24. The quantitative estimate of drug-likeness (QED) is 0.778. The van der Waals surface area contributed by atoms with Crippen molar-refractivity contribution in [2.45, 2.75) is 23.1 Å². The fourth-order valence-electron chi connectivity index (χ4n) is 2.69.